The van der Waals surface area contributed by atoms with Gasteiger partial charge in [-0.2, -0.15) is 0 Å². The number of benzene rings is 1. The van der Waals surface area contributed by atoms with Gasteiger partial charge in [0.25, 0.3) is 0 Å². The molecule has 1 aromatic carbocycles. The maximum Gasteiger partial charge on any atom is 0.335 e. The zero-order chi connectivity index (χ0) is 16.4. The highest BCUT2D eigenvalue weighted by molar-refractivity contribution is 5.87. The number of piperidine rings is 1. The van der Waals surface area contributed by atoms with Gasteiger partial charge in [0.15, 0.2) is 0 Å². The van der Waals surface area contributed by atoms with Gasteiger partial charge in [0.05, 0.1) is 11.3 Å². The van der Waals surface area contributed by atoms with Crippen LogP contribution < -0.4 is 0 Å². The Labute approximate surface area is 135 Å². The highest BCUT2D eigenvalue weighted by Gasteiger charge is 2.23. The Morgan fingerprint density at radius 3 is 2.96 bits per heavy atom. The van der Waals surface area contributed by atoms with Gasteiger partial charge < -0.3 is 9.63 Å². The summed E-state index contributed by atoms with van der Waals surface area (Å²) in [5.74, 6) is 0.399. The summed E-state index contributed by atoms with van der Waals surface area (Å²) in [6.45, 7) is 6.76. The van der Waals surface area contributed by atoms with Crippen LogP contribution in [0.25, 0.3) is 0 Å². The molecule has 1 aromatic heterocycles. The molecule has 0 saturated carbocycles. The van der Waals surface area contributed by atoms with E-state index in [-0.39, 0.29) is 0 Å². The van der Waals surface area contributed by atoms with Crippen LogP contribution in [-0.4, -0.2) is 34.2 Å². The van der Waals surface area contributed by atoms with Crippen LogP contribution in [0.5, 0.6) is 0 Å². The summed E-state index contributed by atoms with van der Waals surface area (Å²) < 4.78 is 5.25. The standard InChI is InChI=1S/C18H22N2O3/c1-12-17(13(2)23-19-12)11-20-8-4-7-16(10-20)14-5-3-6-15(9-14)18(21)22/h3,5-6,9,16H,4,7-8,10-11H2,1-2H3,(H,21,22). The van der Waals surface area contributed by atoms with Gasteiger partial charge in [-0.05, 0) is 56.8 Å². The molecule has 122 valence electrons. The molecule has 2 heterocycles. The molecule has 1 fully saturated rings. The Hall–Kier alpha value is -2.14. The van der Waals surface area contributed by atoms with Crippen LogP contribution in [0.4, 0.5) is 0 Å². The lowest BCUT2D eigenvalue weighted by Crippen LogP contribution is -2.34. The Morgan fingerprint density at radius 2 is 2.26 bits per heavy atom. The van der Waals surface area contributed by atoms with Crippen molar-refractivity contribution < 1.29 is 14.4 Å². The van der Waals surface area contributed by atoms with Crippen LogP contribution in [-0.2, 0) is 6.54 Å². The van der Waals surface area contributed by atoms with Gasteiger partial charge in [-0.1, -0.05) is 17.3 Å². The first kappa shape index (κ1) is 15.7. The minimum Gasteiger partial charge on any atom is -0.478 e. The third kappa shape index (κ3) is 3.45. The molecule has 1 N–H and O–H groups in total. The molecule has 2 aromatic rings. The zero-order valence-electron chi connectivity index (χ0n) is 13.6. The summed E-state index contributed by atoms with van der Waals surface area (Å²) in [4.78, 5) is 13.6. The monoisotopic (exact) mass is 314 g/mol. The molecule has 1 unspecified atom stereocenters. The number of aromatic carboxylic acids is 1. The third-order valence-electron chi connectivity index (χ3n) is 4.67. The van der Waals surface area contributed by atoms with E-state index >= 15 is 0 Å². The van der Waals surface area contributed by atoms with E-state index in [1.165, 1.54) is 5.56 Å². The number of nitrogens with zero attached hydrogens (tertiary/aromatic N) is 2. The first-order chi connectivity index (χ1) is 11.0. The highest BCUT2D eigenvalue weighted by Crippen LogP contribution is 2.29. The molecule has 0 spiro atoms. The lowest BCUT2D eigenvalue weighted by Gasteiger charge is -2.33. The maximum atomic E-state index is 11.2. The summed E-state index contributed by atoms with van der Waals surface area (Å²) in [6, 6.07) is 7.34. The van der Waals surface area contributed by atoms with Crippen molar-refractivity contribution in [2.75, 3.05) is 13.1 Å². The van der Waals surface area contributed by atoms with Crippen molar-refractivity contribution in [2.45, 2.75) is 39.2 Å². The fourth-order valence-electron chi connectivity index (χ4n) is 3.35. The van der Waals surface area contributed by atoms with Crippen LogP contribution in [0, 0.1) is 13.8 Å². The van der Waals surface area contributed by atoms with Crippen LogP contribution in [0.15, 0.2) is 28.8 Å². The Kier molecular flexibility index (Phi) is 4.48. The Balaban J connectivity index is 1.73. The molecule has 23 heavy (non-hydrogen) atoms. The van der Waals surface area contributed by atoms with Gasteiger partial charge in [0, 0.05) is 18.7 Å². The highest BCUT2D eigenvalue weighted by atomic mass is 16.5. The number of hydrogen-bond donors (Lipinski definition) is 1. The molecule has 5 heteroatoms. The van der Waals surface area contributed by atoms with Gasteiger partial charge in [0.2, 0.25) is 0 Å². The Bertz CT molecular complexity index is 689. The van der Waals surface area contributed by atoms with Crippen LogP contribution in [0.1, 0.15) is 51.7 Å². The number of carboxylic acid groups (broad SMARTS) is 1. The van der Waals surface area contributed by atoms with E-state index in [0.29, 0.717) is 11.5 Å². The van der Waals surface area contributed by atoms with Crippen molar-refractivity contribution in [3.63, 3.8) is 0 Å². The summed E-state index contributed by atoms with van der Waals surface area (Å²) in [5.41, 5.74) is 3.61. The van der Waals surface area contributed by atoms with E-state index in [0.717, 1.165) is 49.5 Å². The second-order valence-corrected chi connectivity index (χ2v) is 6.31. The molecule has 5 nitrogen and oxygen atoms in total. The third-order valence-corrected chi connectivity index (χ3v) is 4.67. The fourth-order valence-corrected chi connectivity index (χ4v) is 3.35. The normalized spacial score (nSPS) is 19.0. The second kappa shape index (κ2) is 6.54. The molecule has 0 radical (unpaired) electrons. The molecule has 0 bridgehead atoms. The van der Waals surface area contributed by atoms with Gasteiger partial charge in [0.1, 0.15) is 5.76 Å². The van der Waals surface area contributed by atoms with Crippen LogP contribution >= 0.6 is 0 Å². The number of carboxylic acids is 1. The Morgan fingerprint density at radius 1 is 1.43 bits per heavy atom. The fraction of sp³-hybridized carbons (Fsp3) is 0.444. The summed E-state index contributed by atoms with van der Waals surface area (Å²) in [7, 11) is 0. The topological polar surface area (TPSA) is 66.6 Å². The molecule has 0 aliphatic carbocycles. The molecular weight excluding hydrogens is 292 g/mol. The smallest absolute Gasteiger partial charge is 0.335 e. The molecule has 1 aliphatic heterocycles. The van der Waals surface area contributed by atoms with Crippen LogP contribution in [0.3, 0.4) is 0 Å². The summed E-state index contributed by atoms with van der Waals surface area (Å²) in [6.07, 6.45) is 2.21. The molecule has 1 atom stereocenters. The lowest BCUT2D eigenvalue weighted by molar-refractivity contribution is 0.0696. The van der Waals surface area contributed by atoms with E-state index in [9.17, 15) is 4.79 Å². The maximum absolute atomic E-state index is 11.2. The van der Waals surface area contributed by atoms with Crippen molar-refractivity contribution in [3.8, 4) is 0 Å². The van der Waals surface area contributed by atoms with E-state index < -0.39 is 5.97 Å². The van der Waals surface area contributed by atoms with Crippen molar-refractivity contribution >= 4 is 5.97 Å². The van der Waals surface area contributed by atoms with E-state index in [1.54, 1.807) is 6.07 Å². The predicted octanol–water partition coefficient (Wildman–Crippen LogP) is 3.37. The number of rotatable bonds is 4. The van der Waals surface area contributed by atoms with Crippen molar-refractivity contribution in [3.05, 3.63) is 52.4 Å². The van der Waals surface area contributed by atoms with Crippen molar-refractivity contribution in [1.29, 1.82) is 0 Å². The molecule has 3 rings (SSSR count). The number of aryl methyl sites for hydroxylation is 2. The number of carbonyl (C=O) groups is 1. The minimum atomic E-state index is -0.866. The number of hydrogen-bond acceptors (Lipinski definition) is 4. The lowest BCUT2D eigenvalue weighted by atomic mass is 9.89. The van der Waals surface area contributed by atoms with Gasteiger partial charge in [-0.25, -0.2) is 4.79 Å². The first-order valence-corrected chi connectivity index (χ1v) is 8.02. The van der Waals surface area contributed by atoms with Crippen LogP contribution in [0.2, 0.25) is 0 Å². The molecule has 0 amide bonds. The van der Waals surface area contributed by atoms with Crippen molar-refractivity contribution in [1.82, 2.24) is 10.1 Å². The largest absolute Gasteiger partial charge is 0.478 e. The average molecular weight is 314 g/mol. The molecular formula is C18H22N2O3. The van der Waals surface area contributed by atoms with Gasteiger partial charge in [-0.3, -0.25) is 4.90 Å². The second-order valence-electron chi connectivity index (χ2n) is 6.31. The predicted molar refractivity (Wildman–Crippen MR) is 86.6 cm³/mol. The quantitative estimate of drug-likeness (QED) is 0.937. The van der Waals surface area contributed by atoms with Gasteiger partial charge >= 0.3 is 5.97 Å². The zero-order valence-corrected chi connectivity index (χ0v) is 13.6. The number of likely N-dealkylation sites (tertiary alicyclic amines) is 1. The first-order valence-electron chi connectivity index (χ1n) is 8.02. The van der Waals surface area contributed by atoms with E-state index in [1.807, 2.05) is 32.0 Å². The summed E-state index contributed by atoms with van der Waals surface area (Å²) in [5, 5.41) is 13.2. The molecule has 1 saturated heterocycles. The summed E-state index contributed by atoms with van der Waals surface area (Å²) >= 11 is 0. The minimum absolute atomic E-state index is 0.366. The van der Waals surface area contributed by atoms with E-state index in [4.69, 9.17) is 9.63 Å². The van der Waals surface area contributed by atoms with E-state index in [2.05, 4.69) is 10.1 Å². The number of aromatic nitrogens is 1. The SMILES string of the molecule is Cc1noc(C)c1CN1CCCC(c2cccc(C(=O)O)c2)C1. The van der Waals surface area contributed by atoms with Crippen molar-refractivity contribution in [2.24, 2.45) is 0 Å². The van der Waals surface area contributed by atoms with Gasteiger partial charge in [-0.15, -0.1) is 0 Å². The molecule has 1 aliphatic rings. The average Bonchev–Trinajstić information content (AvgIpc) is 2.87.